The van der Waals surface area contributed by atoms with Crippen LogP contribution in [0.2, 0.25) is 0 Å². The smallest absolute Gasteiger partial charge is 0.310 e. The molecule has 8 nitrogen and oxygen atoms in total. The predicted molar refractivity (Wildman–Crippen MR) is 101 cm³/mol. The van der Waals surface area contributed by atoms with Crippen LogP contribution in [0.5, 0.6) is 5.75 Å². The highest BCUT2D eigenvalue weighted by molar-refractivity contribution is 7.17. The quantitative estimate of drug-likeness (QED) is 0.580. The lowest BCUT2D eigenvalue weighted by molar-refractivity contribution is -0.385. The Balaban J connectivity index is 1.73. The van der Waals surface area contributed by atoms with Gasteiger partial charge in [0.2, 0.25) is 0 Å². The van der Waals surface area contributed by atoms with E-state index in [1.807, 2.05) is 0 Å². The maximum Gasteiger partial charge on any atom is 0.310 e. The number of nitrogens with zero attached hydrogens (tertiary/aromatic N) is 1. The number of nitro benzene ring substituents is 1. The molecule has 142 valence electrons. The van der Waals surface area contributed by atoms with E-state index in [0.717, 1.165) is 29.7 Å². The number of amides is 2. The first-order valence-corrected chi connectivity index (χ1v) is 9.29. The van der Waals surface area contributed by atoms with Crippen LogP contribution in [-0.2, 0) is 17.6 Å². The van der Waals surface area contributed by atoms with Gasteiger partial charge in [-0.3, -0.25) is 19.7 Å². The molecule has 0 aliphatic heterocycles. The molecule has 3 N–H and O–H groups in total. The van der Waals surface area contributed by atoms with Crippen LogP contribution in [0.1, 0.15) is 34.1 Å². The van der Waals surface area contributed by atoms with Gasteiger partial charge in [-0.25, -0.2) is 0 Å². The van der Waals surface area contributed by atoms with Crippen molar-refractivity contribution in [2.45, 2.75) is 26.2 Å². The summed E-state index contributed by atoms with van der Waals surface area (Å²) in [6, 6.07) is 5.82. The third-order valence-corrected chi connectivity index (χ3v) is 5.60. The fourth-order valence-corrected chi connectivity index (χ4v) is 4.57. The fraction of sp³-hybridized carbons (Fsp3) is 0.333. The molecule has 1 aromatic carbocycles. The Labute approximate surface area is 159 Å². The molecule has 1 heterocycles. The number of hydrogen-bond acceptors (Lipinski definition) is 6. The van der Waals surface area contributed by atoms with E-state index < -0.39 is 23.3 Å². The molecule has 1 aliphatic carbocycles. The van der Waals surface area contributed by atoms with Crippen molar-refractivity contribution in [1.82, 2.24) is 0 Å². The lowest BCUT2D eigenvalue weighted by Gasteiger charge is -2.18. The summed E-state index contributed by atoms with van der Waals surface area (Å²) < 4.78 is 5.29. The molecular formula is C18H19N3O5S. The Hall–Kier alpha value is -2.94. The molecule has 0 unspecified atom stereocenters. The number of benzene rings is 1. The Bertz CT molecular complexity index is 908. The van der Waals surface area contributed by atoms with Crippen molar-refractivity contribution in [3.8, 4) is 5.75 Å². The maximum absolute atomic E-state index is 12.3. The van der Waals surface area contributed by atoms with Crippen molar-refractivity contribution >= 4 is 33.8 Å². The van der Waals surface area contributed by atoms with Crippen molar-refractivity contribution in [2.75, 3.05) is 11.9 Å². The molecule has 1 atom stereocenters. The normalized spacial score (nSPS) is 15.7. The highest BCUT2D eigenvalue weighted by Gasteiger charge is 2.27. The number of hydrogen-bond donors (Lipinski definition) is 2. The first-order valence-electron chi connectivity index (χ1n) is 8.47. The van der Waals surface area contributed by atoms with Crippen molar-refractivity contribution in [1.29, 1.82) is 0 Å². The van der Waals surface area contributed by atoms with Crippen LogP contribution in [0.25, 0.3) is 0 Å². The number of carbonyl (C=O) groups is 2. The highest BCUT2D eigenvalue weighted by Crippen LogP contribution is 2.39. The second-order valence-electron chi connectivity index (χ2n) is 6.48. The van der Waals surface area contributed by atoms with E-state index in [1.165, 1.54) is 29.5 Å². The van der Waals surface area contributed by atoms with Gasteiger partial charge >= 0.3 is 5.69 Å². The van der Waals surface area contributed by atoms with Crippen LogP contribution in [-0.4, -0.2) is 23.3 Å². The first kappa shape index (κ1) is 18.8. The van der Waals surface area contributed by atoms with E-state index in [0.29, 0.717) is 16.5 Å². The molecule has 0 saturated carbocycles. The van der Waals surface area contributed by atoms with E-state index >= 15 is 0 Å². The van der Waals surface area contributed by atoms with Crippen LogP contribution in [0.3, 0.4) is 0 Å². The lowest BCUT2D eigenvalue weighted by atomic mass is 9.88. The SMILES string of the molecule is C[C@@H]1CCc2c(sc(NC(=O)COc3ccccc3[N+](=O)[O-])c2C(N)=O)C1. The lowest BCUT2D eigenvalue weighted by Crippen LogP contribution is -2.23. The first-order chi connectivity index (χ1) is 12.9. The molecule has 0 saturated heterocycles. The van der Waals surface area contributed by atoms with Gasteiger partial charge in [0.1, 0.15) is 5.00 Å². The van der Waals surface area contributed by atoms with Gasteiger partial charge in [-0.05, 0) is 36.8 Å². The monoisotopic (exact) mass is 389 g/mol. The molecule has 0 spiro atoms. The molecule has 0 fully saturated rings. The number of nitro groups is 1. The zero-order valence-corrected chi connectivity index (χ0v) is 15.5. The molecule has 0 radical (unpaired) electrons. The summed E-state index contributed by atoms with van der Waals surface area (Å²) in [5, 5.41) is 14.1. The van der Waals surface area contributed by atoms with Gasteiger partial charge in [0, 0.05) is 10.9 Å². The van der Waals surface area contributed by atoms with E-state index in [-0.39, 0.29) is 11.4 Å². The van der Waals surface area contributed by atoms with Crippen molar-refractivity contribution in [3.05, 3.63) is 50.4 Å². The standard InChI is InChI=1S/C18H19N3O5S/c1-10-6-7-11-14(8-10)27-18(16(11)17(19)23)20-15(22)9-26-13-5-3-2-4-12(13)21(24)25/h2-5,10H,6-9H2,1H3,(H2,19,23)(H,20,22)/t10-/m1/s1. The van der Waals surface area contributed by atoms with Crippen LogP contribution >= 0.6 is 11.3 Å². The van der Waals surface area contributed by atoms with Gasteiger partial charge in [0.15, 0.2) is 12.4 Å². The number of nitrogens with two attached hydrogens (primary N) is 1. The summed E-state index contributed by atoms with van der Waals surface area (Å²) in [5.74, 6) is -0.561. The Morgan fingerprint density at radius 3 is 2.85 bits per heavy atom. The average Bonchev–Trinajstić information content (AvgIpc) is 2.97. The maximum atomic E-state index is 12.3. The third-order valence-electron chi connectivity index (χ3n) is 4.43. The van der Waals surface area contributed by atoms with E-state index in [1.54, 1.807) is 6.07 Å². The van der Waals surface area contributed by atoms with Crippen LogP contribution in [0, 0.1) is 16.0 Å². The van der Waals surface area contributed by atoms with E-state index in [9.17, 15) is 19.7 Å². The Kier molecular flexibility index (Phi) is 5.41. The number of fused-ring (bicyclic) bond motifs is 1. The highest BCUT2D eigenvalue weighted by atomic mass is 32.1. The minimum absolute atomic E-state index is 0.00655. The molecule has 1 aliphatic rings. The minimum atomic E-state index is -0.576. The second-order valence-corrected chi connectivity index (χ2v) is 7.59. The van der Waals surface area contributed by atoms with E-state index in [2.05, 4.69) is 12.2 Å². The van der Waals surface area contributed by atoms with Crippen LogP contribution in [0.15, 0.2) is 24.3 Å². The molecular weight excluding hydrogens is 370 g/mol. The number of rotatable bonds is 6. The number of carbonyl (C=O) groups excluding carboxylic acids is 2. The van der Waals surface area contributed by atoms with Gasteiger partial charge in [-0.15, -0.1) is 11.3 Å². The number of primary amides is 1. The molecule has 9 heteroatoms. The zero-order chi connectivity index (χ0) is 19.6. The van der Waals surface area contributed by atoms with E-state index in [4.69, 9.17) is 10.5 Å². The zero-order valence-electron chi connectivity index (χ0n) is 14.7. The third kappa shape index (κ3) is 4.08. The van der Waals surface area contributed by atoms with Gasteiger partial charge < -0.3 is 15.8 Å². The summed E-state index contributed by atoms with van der Waals surface area (Å²) in [7, 11) is 0. The van der Waals surface area contributed by atoms with Crippen LogP contribution < -0.4 is 15.8 Å². The van der Waals surface area contributed by atoms with Gasteiger partial charge in [-0.2, -0.15) is 0 Å². The summed E-state index contributed by atoms with van der Waals surface area (Å²) in [4.78, 5) is 35.6. The summed E-state index contributed by atoms with van der Waals surface area (Å²) in [5.41, 5.74) is 6.58. The van der Waals surface area contributed by atoms with Gasteiger partial charge in [-0.1, -0.05) is 19.1 Å². The summed E-state index contributed by atoms with van der Waals surface area (Å²) in [6.45, 7) is 1.73. The van der Waals surface area contributed by atoms with Crippen molar-refractivity contribution in [3.63, 3.8) is 0 Å². The number of anilines is 1. The molecule has 2 amide bonds. The predicted octanol–water partition coefficient (Wildman–Crippen LogP) is 2.90. The second kappa shape index (κ2) is 7.75. The summed E-state index contributed by atoms with van der Waals surface area (Å²) in [6.07, 6.45) is 2.58. The molecule has 3 rings (SSSR count). The van der Waals surface area contributed by atoms with Crippen LogP contribution in [0.4, 0.5) is 10.7 Å². The number of thiophene rings is 1. The Morgan fingerprint density at radius 2 is 2.15 bits per heavy atom. The summed E-state index contributed by atoms with van der Waals surface area (Å²) >= 11 is 1.36. The molecule has 2 aromatic rings. The van der Waals surface area contributed by atoms with Gasteiger partial charge in [0.05, 0.1) is 10.5 Å². The Morgan fingerprint density at radius 1 is 1.41 bits per heavy atom. The number of ether oxygens (including phenoxy) is 1. The average molecular weight is 389 g/mol. The minimum Gasteiger partial charge on any atom is -0.477 e. The molecule has 1 aromatic heterocycles. The topological polar surface area (TPSA) is 125 Å². The van der Waals surface area contributed by atoms with Crippen molar-refractivity contribution in [2.24, 2.45) is 11.7 Å². The number of para-hydroxylation sites is 2. The van der Waals surface area contributed by atoms with Crippen molar-refractivity contribution < 1.29 is 19.2 Å². The molecule has 0 bridgehead atoms. The molecule has 27 heavy (non-hydrogen) atoms. The van der Waals surface area contributed by atoms with Gasteiger partial charge in [0.25, 0.3) is 11.8 Å². The number of nitrogens with one attached hydrogen (secondary N) is 1. The largest absolute Gasteiger partial charge is 0.477 e. The fourth-order valence-electron chi connectivity index (χ4n) is 3.14.